The number of anilines is 2. The SMILES string of the molecule is O=C(NCc1ccco1)c1ccc(Nc2c(F)cccc2F)cn1. The largest absolute Gasteiger partial charge is 0.467 e. The van der Waals surface area contributed by atoms with E-state index in [0.717, 1.165) is 12.1 Å². The topological polar surface area (TPSA) is 67.2 Å². The molecular weight excluding hydrogens is 316 g/mol. The Morgan fingerprint density at radius 2 is 1.88 bits per heavy atom. The zero-order chi connectivity index (χ0) is 16.9. The van der Waals surface area contributed by atoms with Crippen molar-refractivity contribution >= 4 is 17.3 Å². The number of amides is 1. The van der Waals surface area contributed by atoms with Crippen LogP contribution in [-0.2, 0) is 6.54 Å². The predicted octanol–water partition coefficient (Wildman–Crippen LogP) is 3.63. The third kappa shape index (κ3) is 3.57. The van der Waals surface area contributed by atoms with Gasteiger partial charge in [0.2, 0.25) is 0 Å². The molecule has 0 radical (unpaired) electrons. The molecule has 0 aliphatic carbocycles. The monoisotopic (exact) mass is 329 g/mol. The molecule has 2 heterocycles. The number of hydrogen-bond donors (Lipinski definition) is 2. The number of halogens is 2. The van der Waals surface area contributed by atoms with Crippen LogP contribution in [0, 0.1) is 11.6 Å². The number of furan rings is 1. The van der Waals surface area contributed by atoms with Crippen LogP contribution >= 0.6 is 0 Å². The lowest BCUT2D eigenvalue weighted by Crippen LogP contribution is -2.23. The van der Waals surface area contributed by atoms with Gasteiger partial charge in [-0.25, -0.2) is 13.8 Å². The maximum atomic E-state index is 13.6. The first kappa shape index (κ1) is 15.7. The van der Waals surface area contributed by atoms with Crippen LogP contribution in [0.2, 0.25) is 0 Å². The first-order valence-corrected chi connectivity index (χ1v) is 7.11. The summed E-state index contributed by atoms with van der Waals surface area (Å²) < 4.78 is 32.3. The predicted molar refractivity (Wildman–Crippen MR) is 83.8 cm³/mol. The molecule has 3 rings (SSSR count). The van der Waals surface area contributed by atoms with Crippen LogP contribution < -0.4 is 10.6 Å². The van der Waals surface area contributed by atoms with E-state index in [-0.39, 0.29) is 23.8 Å². The average molecular weight is 329 g/mol. The Kier molecular flexibility index (Phi) is 4.51. The maximum Gasteiger partial charge on any atom is 0.270 e. The smallest absolute Gasteiger partial charge is 0.270 e. The van der Waals surface area contributed by atoms with E-state index in [0.29, 0.717) is 11.4 Å². The minimum Gasteiger partial charge on any atom is -0.467 e. The van der Waals surface area contributed by atoms with Crippen LogP contribution in [-0.4, -0.2) is 10.9 Å². The van der Waals surface area contributed by atoms with Crippen molar-refractivity contribution in [2.24, 2.45) is 0 Å². The summed E-state index contributed by atoms with van der Waals surface area (Å²) in [6, 6.07) is 10.0. The molecule has 2 N–H and O–H groups in total. The van der Waals surface area contributed by atoms with Gasteiger partial charge in [0, 0.05) is 0 Å². The van der Waals surface area contributed by atoms with Crippen molar-refractivity contribution in [3.8, 4) is 0 Å². The highest BCUT2D eigenvalue weighted by molar-refractivity contribution is 5.92. The number of nitrogens with zero attached hydrogens (tertiary/aromatic N) is 1. The van der Waals surface area contributed by atoms with E-state index in [9.17, 15) is 13.6 Å². The van der Waals surface area contributed by atoms with E-state index < -0.39 is 11.6 Å². The van der Waals surface area contributed by atoms with Gasteiger partial charge in [-0.15, -0.1) is 0 Å². The number of carbonyl (C=O) groups is 1. The molecule has 0 unspecified atom stereocenters. The lowest BCUT2D eigenvalue weighted by atomic mass is 10.2. The Morgan fingerprint density at radius 1 is 1.08 bits per heavy atom. The van der Waals surface area contributed by atoms with Crippen molar-refractivity contribution in [1.82, 2.24) is 10.3 Å². The first-order valence-electron chi connectivity index (χ1n) is 7.11. The van der Waals surface area contributed by atoms with Crippen molar-refractivity contribution in [3.05, 3.63) is 78.0 Å². The van der Waals surface area contributed by atoms with Gasteiger partial charge in [0.15, 0.2) is 0 Å². The fourth-order valence-corrected chi connectivity index (χ4v) is 2.03. The van der Waals surface area contributed by atoms with Crippen LogP contribution in [0.1, 0.15) is 16.2 Å². The summed E-state index contributed by atoms with van der Waals surface area (Å²) >= 11 is 0. The molecule has 0 atom stereocenters. The van der Waals surface area contributed by atoms with Gasteiger partial charge < -0.3 is 15.1 Å². The number of hydrogen-bond acceptors (Lipinski definition) is 4. The minimum atomic E-state index is -0.713. The number of rotatable bonds is 5. The third-order valence-corrected chi connectivity index (χ3v) is 3.23. The summed E-state index contributed by atoms with van der Waals surface area (Å²) in [5.74, 6) is -1.18. The molecule has 1 aromatic carbocycles. The van der Waals surface area contributed by atoms with Crippen molar-refractivity contribution in [2.45, 2.75) is 6.54 Å². The molecule has 122 valence electrons. The van der Waals surface area contributed by atoms with Gasteiger partial charge >= 0.3 is 0 Å². The normalized spacial score (nSPS) is 10.4. The van der Waals surface area contributed by atoms with Crippen LogP contribution in [0.5, 0.6) is 0 Å². The highest BCUT2D eigenvalue weighted by atomic mass is 19.1. The van der Waals surface area contributed by atoms with E-state index in [4.69, 9.17) is 4.42 Å². The molecule has 0 fully saturated rings. The summed E-state index contributed by atoms with van der Waals surface area (Å²) in [4.78, 5) is 15.9. The molecule has 3 aromatic rings. The summed E-state index contributed by atoms with van der Waals surface area (Å²) in [5, 5.41) is 5.25. The third-order valence-electron chi connectivity index (χ3n) is 3.23. The van der Waals surface area contributed by atoms with Gasteiger partial charge in [-0.1, -0.05) is 6.07 Å². The Hall–Kier alpha value is -3.22. The highest BCUT2D eigenvalue weighted by Crippen LogP contribution is 2.22. The van der Waals surface area contributed by atoms with E-state index in [1.54, 1.807) is 12.1 Å². The molecule has 7 heteroatoms. The number of carbonyl (C=O) groups excluding carboxylic acids is 1. The summed E-state index contributed by atoms with van der Waals surface area (Å²) in [7, 11) is 0. The van der Waals surface area contributed by atoms with Gasteiger partial charge in [-0.3, -0.25) is 4.79 Å². The van der Waals surface area contributed by atoms with Crippen molar-refractivity contribution < 1.29 is 18.0 Å². The molecule has 5 nitrogen and oxygen atoms in total. The van der Waals surface area contributed by atoms with E-state index in [2.05, 4.69) is 15.6 Å². The Balaban J connectivity index is 1.65. The van der Waals surface area contributed by atoms with Gasteiger partial charge in [-0.05, 0) is 36.4 Å². The van der Waals surface area contributed by atoms with Gasteiger partial charge in [0.1, 0.15) is 28.8 Å². The van der Waals surface area contributed by atoms with Crippen LogP contribution in [0.3, 0.4) is 0 Å². The number of para-hydroxylation sites is 1. The quantitative estimate of drug-likeness (QED) is 0.750. The molecule has 0 aliphatic rings. The molecular formula is C17H13F2N3O2. The zero-order valence-corrected chi connectivity index (χ0v) is 12.4. The molecule has 0 saturated heterocycles. The van der Waals surface area contributed by atoms with Crippen molar-refractivity contribution in [1.29, 1.82) is 0 Å². The minimum absolute atomic E-state index is 0.182. The zero-order valence-electron chi connectivity index (χ0n) is 12.4. The summed E-state index contributed by atoms with van der Waals surface area (Å²) in [5.41, 5.74) is 0.275. The van der Waals surface area contributed by atoms with Gasteiger partial charge in [0.25, 0.3) is 5.91 Å². The van der Waals surface area contributed by atoms with Crippen molar-refractivity contribution in [3.63, 3.8) is 0 Å². The second kappa shape index (κ2) is 6.91. The average Bonchev–Trinajstić information content (AvgIpc) is 3.10. The summed E-state index contributed by atoms with van der Waals surface area (Å²) in [6.45, 7) is 0.244. The van der Waals surface area contributed by atoms with Crippen molar-refractivity contribution in [2.75, 3.05) is 5.32 Å². The highest BCUT2D eigenvalue weighted by Gasteiger charge is 2.10. The Morgan fingerprint density at radius 3 is 2.50 bits per heavy atom. The van der Waals surface area contributed by atoms with Gasteiger partial charge in [-0.2, -0.15) is 0 Å². The molecule has 0 aliphatic heterocycles. The van der Waals surface area contributed by atoms with Crippen LogP contribution in [0.4, 0.5) is 20.2 Å². The summed E-state index contributed by atoms with van der Waals surface area (Å²) in [6.07, 6.45) is 2.84. The van der Waals surface area contributed by atoms with Crippen LogP contribution in [0.25, 0.3) is 0 Å². The van der Waals surface area contributed by atoms with Crippen LogP contribution in [0.15, 0.2) is 59.3 Å². The van der Waals surface area contributed by atoms with E-state index >= 15 is 0 Å². The maximum absolute atomic E-state index is 13.6. The Labute approximate surface area is 136 Å². The molecule has 0 saturated carbocycles. The second-order valence-corrected chi connectivity index (χ2v) is 4.92. The first-order chi connectivity index (χ1) is 11.6. The standard InChI is InChI=1S/C17H13F2N3O2/c18-13-4-1-5-14(19)16(13)22-11-6-7-15(20-9-11)17(23)21-10-12-3-2-8-24-12/h1-9,22H,10H2,(H,21,23). The molecule has 24 heavy (non-hydrogen) atoms. The molecule has 0 bridgehead atoms. The number of aromatic nitrogens is 1. The lowest BCUT2D eigenvalue weighted by Gasteiger charge is -2.09. The van der Waals surface area contributed by atoms with E-state index in [1.165, 1.54) is 30.7 Å². The second-order valence-electron chi connectivity index (χ2n) is 4.92. The van der Waals surface area contributed by atoms with Gasteiger partial charge in [0.05, 0.1) is 24.7 Å². The molecule has 0 spiro atoms. The number of nitrogens with one attached hydrogen (secondary N) is 2. The Bertz CT molecular complexity index is 813. The fourth-order valence-electron chi connectivity index (χ4n) is 2.03. The lowest BCUT2D eigenvalue weighted by molar-refractivity contribution is 0.0943. The fraction of sp³-hybridized carbons (Fsp3) is 0.0588. The molecule has 2 aromatic heterocycles. The number of pyridine rings is 1. The molecule has 1 amide bonds. The number of benzene rings is 1. The van der Waals surface area contributed by atoms with E-state index in [1.807, 2.05) is 0 Å².